The standard InChI is InChI=1S/C12H10ClFN2O/c1-7-11(13)8(2)16(15-7)12(17)9-3-5-10(14)6-4-9/h3-6H,1-2H3. The average Bonchev–Trinajstić information content (AvgIpc) is 2.57. The highest BCUT2D eigenvalue weighted by atomic mass is 35.5. The molecule has 1 heterocycles. The van der Waals surface area contributed by atoms with E-state index in [9.17, 15) is 9.18 Å². The van der Waals surface area contributed by atoms with Crippen molar-refractivity contribution in [2.45, 2.75) is 13.8 Å². The fourth-order valence-corrected chi connectivity index (χ4v) is 1.65. The first-order valence-corrected chi connectivity index (χ1v) is 5.40. The molecule has 1 aromatic heterocycles. The number of nitrogens with zero attached hydrogens (tertiary/aromatic N) is 2. The number of rotatable bonds is 1. The quantitative estimate of drug-likeness (QED) is 0.782. The van der Waals surface area contributed by atoms with Crippen molar-refractivity contribution >= 4 is 17.5 Å². The molecule has 0 amide bonds. The second-order valence-electron chi connectivity index (χ2n) is 3.71. The summed E-state index contributed by atoms with van der Waals surface area (Å²) in [7, 11) is 0. The summed E-state index contributed by atoms with van der Waals surface area (Å²) in [5.41, 5.74) is 1.55. The van der Waals surface area contributed by atoms with Gasteiger partial charge in [0.2, 0.25) is 0 Å². The number of aryl methyl sites for hydroxylation is 1. The highest BCUT2D eigenvalue weighted by Gasteiger charge is 2.16. The first-order chi connectivity index (χ1) is 8.00. The number of halogens is 2. The van der Waals surface area contributed by atoms with E-state index in [1.54, 1.807) is 13.8 Å². The zero-order valence-electron chi connectivity index (χ0n) is 9.37. The molecule has 0 spiro atoms. The third kappa shape index (κ3) is 2.08. The number of carbonyl (C=O) groups excluding carboxylic acids is 1. The van der Waals surface area contributed by atoms with Gasteiger partial charge in [0.1, 0.15) is 5.82 Å². The zero-order valence-corrected chi connectivity index (χ0v) is 10.1. The number of aromatic nitrogens is 2. The van der Waals surface area contributed by atoms with Gasteiger partial charge < -0.3 is 0 Å². The van der Waals surface area contributed by atoms with Crippen LogP contribution in [0.5, 0.6) is 0 Å². The molecule has 0 unspecified atom stereocenters. The van der Waals surface area contributed by atoms with Crippen molar-refractivity contribution in [2.75, 3.05) is 0 Å². The molecule has 0 saturated carbocycles. The third-order valence-electron chi connectivity index (χ3n) is 2.49. The Morgan fingerprint density at radius 1 is 1.29 bits per heavy atom. The lowest BCUT2D eigenvalue weighted by Gasteiger charge is -2.02. The minimum absolute atomic E-state index is 0.322. The summed E-state index contributed by atoms with van der Waals surface area (Å²) in [4.78, 5) is 12.1. The highest BCUT2D eigenvalue weighted by molar-refractivity contribution is 6.32. The summed E-state index contributed by atoms with van der Waals surface area (Å²) in [6.07, 6.45) is 0. The molecular weight excluding hydrogens is 243 g/mol. The Kier molecular flexibility index (Phi) is 2.98. The number of carbonyl (C=O) groups is 1. The molecule has 0 bridgehead atoms. The normalized spacial score (nSPS) is 10.6. The molecule has 0 aliphatic rings. The fourth-order valence-electron chi connectivity index (χ4n) is 1.54. The molecule has 0 atom stereocenters. The van der Waals surface area contributed by atoms with E-state index >= 15 is 0 Å². The Bertz CT molecular complexity index is 575. The van der Waals surface area contributed by atoms with Crippen LogP contribution in [0.25, 0.3) is 0 Å². The molecular formula is C12H10ClFN2O. The molecule has 0 aliphatic carbocycles. The summed E-state index contributed by atoms with van der Waals surface area (Å²) in [6.45, 7) is 3.44. The van der Waals surface area contributed by atoms with Gasteiger partial charge in [0, 0.05) is 5.56 Å². The van der Waals surface area contributed by atoms with Gasteiger partial charge in [-0.2, -0.15) is 9.78 Å². The summed E-state index contributed by atoms with van der Waals surface area (Å²) in [5, 5.41) is 4.52. The van der Waals surface area contributed by atoms with Crippen LogP contribution in [-0.2, 0) is 0 Å². The maximum atomic E-state index is 12.7. The number of benzene rings is 1. The van der Waals surface area contributed by atoms with Gasteiger partial charge >= 0.3 is 0 Å². The van der Waals surface area contributed by atoms with Gasteiger partial charge in [-0.05, 0) is 38.1 Å². The molecule has 2 rings (SSSR count). The van der Waals surface area contributed by atoms with Gasteiger partial charge in [0.15, 0.2) is 0 Å². The summed E-state index contributed by atoms with van der Waals surface area (Å²) in [6, 6.07) is 5.31. The molecule has 88 valence electrons. The van der Waals surface area contributed by atoms with Crippen molar-refractivity contribution < 1.29 is 9.18 Å². The van der Waals surface area contributed by atoms with Crippen LogP contribution in [0.2, 0.25) is 5.02 Å². The van der Waals surface area contributed by atoms with Crippen LogP contribution in [0, 0.1) is 19.7 Å². The van der Waals surface area contributed by atoms with Crippen molar-refractivity contribution in [2.24, 2.45) is 0 Å². The highest BCUT2D eigenvalue weighted by Crippen LogP contribution is 2.19. The van der Waals surface area contributed by atoms with Gasteiger partial charge in [-0.25, -0.2) is 4.39 Å². The maximum Gasteiger partial charge on any atom is 0.278 e. The van der Waals surface area contributed by atoms with E-state index in [1.165, 1.54) is 28.9 Å². The Morgan fingerprint density at radius 3 is 2.35 bits per heavy atom. The SMILES string of the molecule is Cc1nn(C(=O)c2ccc(F)cc2)c(C)c1Cl. The van der Waals surface area contributed by atoms with Crippen LogP contribution in [0.1, 0.15) is 21.7 Å². The molecule has 2 aromatic rings. The molecule has 5 heteroatoms. The van der Waals surface area contributed by atoms with E-state index in [4.69, 9.17) is 11.6 Å². The van der Waals surface area contributed by atoms with E-state index < -0.39 is 0 Å². The van der Waals surface area contributed by atoms with E-state index in [0.717, 1.165) is 0 Å². The minimum atomic E-state index is -0.382. The Morgan fingerprint density at radius 2 is 1.88 bits per heavy atom. The largest absolute Gasteiger partial charge is 0.278 e. The second kappa shape index (κ2) is 4.30. The van der Waals surface area contributed by atoms with E-state index in [0.29, 0.717) is 22.0 Å². The molecule has 1 aromatic carbocycles. The van der Waals surface area contributed by atoms with Crippen LogP contribution >= 0.6 is 11.6 Å². The predicted molar refractivity (Wildman–Crippen MR) is 62.8 cm³/mol. The van der Waals surface area contributed by atoms with Crippen LogP contribution in [0.3, 0.4) is 0 Å². The van der Waals surface area contributed by atoms with E-state index in [1.807, 2.05) is 0 Å². The first kappa shape index (κ1) is 11.8. The zero-order chi connectivity index (χ0) is 12.6. The van der Waals surface area contributed by atoms with Crippen molar-refractivity contribution in [3.63, 3.8) is 0 Å². The van der Waals surface area contributed by atoms with E-state index in [2.05, 4.69) is 5.10 Å². The molecule has 0 radical (unpaired) electrons. The van der Waals surface area contributed by atoms with Crippen molar-refractivity contribution in [1.29, 1.82) is 0 Å². The third-order valence-corrected chi connectivity index (χ3v) is 3.03. The van der Waals surface area contributed by atoms with Gasteiger partial charge in [0.25, 0.3) is 5.91 Å². The smallest absolute Gasteiger partial charge is 0.267 e. The lowest BCUT2D eigenvalue weighted by atomic mass is 10.2. The Labute approximate surface area is 103 Å². The van der Waals surface area contributed by atoms with Crippen LogP contribution in [0.15, 0.2) is 24.3 Å². The van der Waals surface area contributed by atoms with Crippen LogP contribution < -0.4 is 0 Å². The van der Waals surface area contributed by atoms with Gasteiger partial charge in [0.05, 0.1) is 16.4 Å². The lowest BCUT2D eigenvalue weighted by molar-refractivity contribution is 0.0942. The fraction of sp³-hybridized carbons (Fsp3) is 0.167. The topological polar surface area (TPSA) is 34.9 Å². The van der Waals surface area contributed by atoms with Gasteiger partial charge in [-0.1, -0.05) is 11.6 Å². The van der Waals surface area contributed by atoms with Crippen LogP contribution in [0.4, 0.5) is 4.39 Å². The van der Waals surface area contributed by atoms with E-state index in [-0.39, 0.29) is 11.7 Å². The number of hydrogen-bond acceptors (Lipinski definition) is 2. The lowest BCUT2D eigenvalue weighted by Crippen LogP contribution is -2.15. The monoisotopic (exact) mass is 252 g/mol. The van der Waals surface area contributed by atoms with Crippen LogP contribution in [-0.4, -0.2) is 15.7 Å². The van der Waals surface area contributed by atoms with Crippen molar-refractivity contribution in [3.05, 3.63) is 52.1 Å². The summed E-state index contributed by atoms with van der Waals surface area (Å²) in [5.74, 6) is -0.703. The predicted octanol–water partition coefficient (Wildman–Crippen LogP) is 2.98. The van der Waals surface area contributed by atoms with Crippen molar-refractivity contribution in [1.82, 2.24) is 9.78 Å². The molecule has 0 fully saturated rings. The molecule has 0 saturated heterocycles. The summed E-state index contributed by atoms with van der Waals surface area (Å²) >= 11 is 5.96. The van der Waals surface area contributed by atoms with Gasteiger partial charge in [-0.3, -0.25) is 4.79 Å². The minimum Gasteiger partial charge on any atom is -0.267 e. The van der Waals surface area contributed by atoms with Crippen molar-refractivity contribution in [3.8, 4) is 0 Å². The molecule has 0 aliphatic heterocycles. The Hall–Kier alpha value is -1.68. The first-order valence-electron chi connectivity index (χ1n) is 5.02. The summed E-state index contributed by atoms with van der Waals surface area (Å²) < 4.78 is 14.0. The average molecular weight is 253 g/mol. The molecule has 3 nitrogen and oxygen atoms in total. The maximum absolute atomic E-state index is 12.7. The number of hydrogen-bond donors (Lipinski definition) is 0. The molecule has 17 heavy (non-hydrogen) atoms. The van der Waals surface area contributed by atoms with Gasteiger partial charge in [-0.15, -0.1) is 0 Å². The Balaban J connectivity index is 2.44. The molecule has 0 N–H and O–H groups in total. The second-order valence-corrected chi connectivity index (χ2v) is 4.09.